The standard InChI is InChI=1S/C12H21BrOSi/c1-7-10(13)8-9-11(14)15(5,6)12(2,3)4/h7-9H,1-6H3/b9-8+,10-7-. The van der Waals surface area contributed by atoms with Crippen LogP contribution in [-0.4, -0.2) is 13.5 Å². The molecule has 0 aliphatic carbocycles. The van der Waals surface area contributed by atoms with Gasteiger partial charge < -0.3 is 4.79 Å². The van der Waals surface area contributed by atoms with Crippen LogP contribution < -0.4 is 0 Å². The lowest BCUT2D eigenvalue weighted by Crippen LogP contribution is -2.45. The van der Waals surface area contributed by atoms with E-state index in [2.05, 4.69) is 49.8 Å². The van der Waals surface area contributed by atoms with Gasteiger partial charge in [-0.3, -0.25) is 0 Å². The minimum Gasteiger partial charge on any atom is -0.301 e. The highest BCUT2D eigenvalue weighted by Gasteiger charge is 2.40. The van der Waals surface area contributed by atoms with Gasteiger partial charge in [0, 0.05) is 4.48 Å². The first kappa shape index (κ1) is 14.8. The molecular weight excluding hydrogens is 268 g/mol. The Morgan fingerprint density at radius 3 is 2.00 bits per heavy atom. The Balaban J connectivity index is 4.82. The van der Waals surface area contributed by atoms with Crippen LogP contribution in [0.25, 0.3) is 0 Å². The number of hydrogen-bond acceptors (Lipinski definition) is 1. The van der Waals surface area contributed by atoms with E-state index in [-0.39, 0.29) is 5.04 Å². The quantitative estimate of drug-likeness (QED) is 0.426. The van der Waals surface area contributed by atoms with E-state index >= 15 is 0 Å². The van der Waals surface area contributed by atoms with Gasteiger partial charge in [0.1, 0.15) is 13.5 Å². The first-order chi connectivity index (χ1) is 6.63. The molecule has 0 aliphatic rings. The summed E-state index contributed by atoms with van der Waals surface area (Å²) in [5.41, 5.74) is 0. The van der Waals surface area contributed by atoms with E-state index in [1.165, 1.54) is 0 Å². The SMILES string of the molecule is C/C=C(Br)/C=C/C(=O)[Si](C)(C)C(C)(C)C. The maximum absolute atomic E-state index is 12.1. The minimum atomic E-state index is -1.86. The second kappa shape index (κ2) is 5.26. The van der Waals surface area contributed by atoms with Crippen molar-refractivity contribution in [2.75, 3.05) is 0 Å². The molecule has 86 valence electrons. The fourth-order valence-electron chi connectivity index (χ4n) is 0.829. The van der Waals surface area contributed by atoms with Crippen molar-refractivity contribution in [3.8, 4) is 0 Å². The van der Waals surface area contributed by atoms with Gasteiger partial charge in [0.25, 0.3) is 0 Å². The Kier molecular flexibility index (Phi) is 5.20. The van der Waals surface area contributed by atoms with Gasteiger partial charge in [-0.05, 0) is 24.1 Å². The molecule has 0 heterocycles. The summed E-state index contributed by atoms with van der Waals surface area (Å²) in [5, 5.41) is 0.408. The van der Waals surface area contributed by atoms with E-state index in [4.69, 9.17) is 0 Å². The Morgan fingerprint density at radius 1 is 1.20 bits per heavy atom. The maximum atomic E-state index is 12.1. The first-order valence-electron chi connectivity index (χ1n) is 5.17. The lowest BCUT2D eigenvalue weighted by Gasteiger charge is -2.34. The third kappa shape index (κ3) is 4.07. The van der Waals surface area contributed by atoms with Crippen molar-refractivity contribution in [2.24, 2.45) is 0 Å². The molecule has 0 aromatic rings. The molecule has 0 amide bonds. The van der Waals surface area contributed by atoms with E-state index in [9.17, 15) is 4.79 Å². The summed E-state index contributed by atoms with van der Waals surface area (Å²) in [6.45, 7) is 12.6. The zero-order valence-electron chi connectivity index (χ0n) is 10.5. The van der Waals surface area contributed by atoms with Crippen LogP contribution in [0.5, 0.6) is 0 Å². The molecule has 0 aliphatic heterocycles. The van der Waals surface area contributed by atoms with Crippen LogP contribution >= 0.6 is 15.9 Å². The molecule has 0 aromatic heterocycles. The third-order valence-electron chi connectivity index (χ3n) is 3.16. The third-order valence-corrected chi connectivity index (χ3v) is 9.03. The van der Waals surface area contributed by atoms with Crippen LogP contribution in [0.4, 0.5) is 0 Å². The van der Waals surface area contributed by atoms with Crippen LogP contribution in [0.1, 0.15) is 27.7 Å². The van der Waals surface area contributed by atoms with E-state index < -0.39 is 8.07 Å². The number of hydrogen-bond donors (Lipinski definition) is 0. The minimum absolute atomic E-state index is 0.108. The number of halogens is 1. The summed E-state index contributed by atoms with van der Waals surface area (Å²) in [6.07, 6.45) is 5.47. The summed E-state index contributed by atoms with van der Waals surface area (Å²) < 4.78 is 0.953. The van der Waals surface area contributed by atoms with E-state index in [0.717, 1.165) is 4.48 Å². The van der Waals surface area contributed by atoms with E-state index in [0.29, 0.717) is 5.41 Å². The highest BCUT2D eigenvalue weighted by Crippen LogP contribution is 2.36. The molecule has 0 radical (unpaired) electrons. The summed E-state index contributed by atoms with van der Waals surface area (Å²) in [4.78, 5) is 12.1. The predicted molar refractivity (Wildman–Crippen MR) is 74.0 cm³/mol. The van der Waals surface area contributed by atoms with Crippen molar-refractivity contribution in [3.05, 3.63) is 22.7 Å². The van der Waals surface area contributed by atoms with Crippen LogP contribution in [0.3, 0.4) is 0 Å². The van der Waals surface area contributed by atoms with Crippen molar-refractivity contribution >= 4 is 29.4 Å². The monoisotopic (exact) mass is 288 g/mol. The number of carbonyl (C=O) groups excluding carboxylic acids is 1. The van der Waals surface area contributed by atoms with Gasteiger partial charge >= 0.3 is 0 Å². The molecule has 0 saturated heterocycles. The van der Waals surface area contributed by atoms with Gasteiger partial charge in [-0.2, -0.15) is 0 Å². The van der Waals surface area contributed by atoms with Crippen molar-refractivity contribution in [3.63, 3.8) is 0 Å². The van der Waals surface area contributed by atoms with Crippen molar-refractivity contribution in [1.29, 1.82) is 0 Å². The molecule has 3 heteroatoms. The molecule has 0 bridgehead atoms. The van der Waals surface area contributed by atoms with E-state index in [1.54, 1.807) is 6.08 Å². The molecule has 0 fully saturated rings. The van der Waals surface area contributed by atoms with Crippen molar-refractivity contribution in [2.45, 2.75) is 45.8 Å². The lowest BCUT2D eigenvalue weighted by atomic mass is 10.2. The Hall–Kier alpha value is -0.153. The topological polar surface area (TPSA) is 17.1 Å². The average Bonchev–Trinajstić information content (AvgIpc) is 2.11. The fourth-order valence-corrected chi connectivity index (χ4v) is 2.20. The summed E-state index contributed by atoms with van der Waals surface area (Å²) in [5.74, 6) is 0. The van der Waals surface area contributed by atoms with Crippen LogP contribution in [0.15, 0.2) is 22.7 Å². The Bertz CT molecular complexity index is 295. The molecule has 1 nitrogen and oxygen atoms in total. The van der Waals surface area contributed by atoms with Crippen LogP contribution in [0.2, 0.25) is 18.1 Å². The fraction of sp³-hybridized carbons (Fsp3) is 0.583. The summed E-state index contributed by atoms with van der Waals surface area (Å²) in [6, 6.07) is 0. The molecule has 0 aromatic carbocycles. The van der Waals surface area contributed by atoms with Crippen LogP contribution in [0, 0.1) is 0 Å². The van der Waals surface area contributed by atoms with Gasteiger partial charge in [0.05, 0.1) is 0 Å². The largest absolute Gasteiger partial charge is 0.301 e. The Labute approximate surface area is 103 Å². The predicted octanol–water partition coefficient (Wildman–Crippen LogP) is 4.46. The summed E-state index contributed by atoms with van der Waals surface area (Å²) in [7, 11) is -1.86. The average molecular weight is 289 g/mol. The summed E-state index contributed by atoms with van der Waals surface area (Å²) >= 11 is 3.36. The number of rotatable bonds is 3. The highest BCUT2D eigenvalue weighted by molar-refractivity contribution is 9.11. The lowest BCUT2D eigenvalue weighted by molar-refractivity contribution is -0.108. The van der Waals surface area contributed by atoms with Gasteiger partial charge in [-0.15, -0.1) is 0 Å². The molecule has 0 spiro atoms. The zero-order chi connectivity index (χ0) is 12.3. The van der Waals surface area contributed by atoms with Crippen molar-refractivity contribution < 1.29 is 4.79 Å². The first-order valence-corrected chi connectivity index (χ1v) is 8.96. The molecule has 0 rings (SSSR count). The van der Waals surface area contributed by atoms with Gasteiger partial charge in [0.2, 0.25) is 0 Å². The van der Waals surface area contributed by atoms with Crippen molar-refractivity contribution in [1.82, 2.24) is 0 Å². The molecule has 0 unspecified atom stereocenters. The molecule has 0 N–H and O–H groups in total. The van der Waals surface area contributed by atoms with E-state index in [1.807, 2.05) is 19.1 Å². The Morgan fingerprint density at radius 2 is 1.67 bits per heavy atom. The number of carbonyl (C=O) groups is 1. The molecular formula is C12H21BrOSi. The molecule has 15 heavy (non-hydrogen) atoms. The second-order valence-electron chi connectivity index (χ2n) is 5.25. The molecule has 0 atom stereocenters. The van der Waals surface area contributed by atoms with Crippen LogP contribution in [-0.2, 0) is 4.79 Å². The van der Waals surface area contributed by atoms with Gasteiger partial charge in [-0.1, -0.05) is 55.9 Å². The van der Waals surface area contributed by atoms with Gasteiger partial charge in [-0.25, -0.2) is 0 Å². The maximum Gasteiger partial charge on any atom is 0.137 e. The smallest absolute Gasteiger partial charge is 0.137 e. The van der Waals surface area contributed by atoms with Gasteiger partial charge in [0.15, 0.2) is 0 Å². The number of allylic oxidation sites excluding steroid dienone is 4. The highest BCUT2D eigenvalue weighted by atomic mass is 79.9. The zero-order valence-corrected chi connectivity index (χ0v) is 13.1. The molecule has 0 saturated carbocycles. The second-order valence-corrected chi connectivity index (χ2v) is 11.4. The normalized spacial score (nSPS) is 14.7.